The van der Waals surface area contributed by atoms with Crippen molar-refractivity contribution < 1.29 is 14.3 Å². The number of amides is 1. The zero-order valence-electron chi connectivity index (χ0n) is 13.2. The second-order valence-electron chi connectivity index (χ2n) is 5.26. The molecular weight excluding hydrogens is 314 g/mol. The van der Waals surface area contributed by atoms with Crippen LogP contribution in [0.3, 0.4) is 0 Å². The minimum atomic E-state index is -0.932. The number of carbonyl (C=O) groups excluding carboxylic acids is 2. The third kappa shape index (κ3) is 4.11. The predicted molar refractivity (Wildman–Crippen MR) is 90.9 cm³/mol. The van der Waals surface area contributed by atoms with Crippen LogP contribution in [0.2, 0.25) is 5.02 Å². The number of hydrogen-bond donors (Lipinski definition) is 1. The molecule has 0 bridgehead atoms. The van der Waals surface area contributed by atoms with E-state index in [1.54, 1.807) is 24.3 Å². The van der Waals surface area contributed by atoms with Gasteiger partial charge in [0.2, 0.25) is 0 Å². The summed E-state index contributed by atoms with van der Waals surface area (Å²) in [5, 5.41) is 3.06. The van der Waals surface area contributed by atoms with E-state index < -0.39 is 12.1 Å². The van der Waals surface area contributed by atoms with Crippen molar-refractivity contribution in [2.45, 2.75) is 26.9 Å². The second-order valence-corrected chi connectivity index (χ2v) is 5.67. The van der Waals surface area contributed by atoms with Crippen LogP contribution in [-0.2, 0) is 9.53 Å². The fraction of sp³-hybridized carbons (Fsp3) is 0.222. The van der Waals surface area contributed by atoms with Crippen LogP contribution < -0.4 is 5.32 Å². The van der Waals surface area contributed by atoms with Gasteiger partial charge < -0.3 is 10.1 Å². The van der Waals surface area contributed by atoms with Crippen molar-refractivity contribution in [3.8, 4) is 0 Å². The fourth-order valence-corrected chi connectivity index (χ4v) is 2.24. The molecule has 2 aromatic carbocycles. The van der Waals surface area contributed by atoms with Gasteiger partial charge in [0, 0.05) is 5.69 Å². The maximum atomic E-state index is 12.2. The molecule has 4 nitrogen and oxygen atoms in total. The highest BCUT2D eigenvalue weighted by Gasteiger charge is 2.21. The Bertz CT molecular complexity index is 743. The number of aryl methyl sites for hydroxylation is 1. The van der Waals surface area contributed by atoms with Gasteiger partial charge in [0.15, 0.2) is 6.10 Å². The van der Waals surface area contributed by atoms with E-state index in [9.17, 15) is 9.59 Å². The van der Waals surface area contributed by atoms with Gasteiger partial charge in [-0.25, -0.2) is 4.79 Å². The van der Waals surface area contributed by atoms with E-state index in [1.807, 2.05) is 32.0 Å². The first-order valence-electron chi connectivity index (χ1n) is 7.22. The molecule has 0 aliphatic carbocycles. The number of esters is 1. The molecule has 2 aromatic rings. The van der Waals surface area contributed by atoms with Gasteiger partial charge in [-0.3, -0.25) is 4.79 Å². The summed E-state index contributed by atoms with van der Waals surface area (Å²) in [7, 11) is 0. The molecule has 1 amide bonds. The number of benzene rings is 2. The number of rotatable bonds is 4. The maximum Gasteiger partial charge on any atom is 0.340 e. The Hall–Kier alpha value is -2.33. The van der Waals surface area contributed by atoms with Crippen molar-refractivity contribution in [2.75, 3.05) is 5.32 Å². The molecule has 0 aliphatic heterocycles. The summed E-state index contributed by atoms with van der Waals surface area (Å²) in [4.78, 5) is 24.3. The zero-order chi connectivity index (χ0) is 17.0. The van der Waals surface area contributed by atoms with Gasteiger partial charge in [0.1, 0.15) is 0 Å². The normalized spacial score (nSPS) is 11.7. The molecule has 1 N–H and O–H groups in total. The van der Waals surface area contributed by atoms with Crippen LogP contribution in [0, 0.1) is 13.8 Å². The smallest absolute Gasteiger partial charge is 0.340 e. The fourth-order valence-electron chi connectivity index (χ4n) is 2.03. The number of ether oxygens (including phenoxy) is 1. The molecule has 5 heteroatoms. The quantitative estimate of drug-likeness (QED) is 0.857. The van der Waals surface area contributed by atoms with E-state index in [0.29, 0.717) is 10.7 Å². The van der Waals surface area contributed by atoms with E-state index in [0.717, 1.165) is 11.1 Å². The van der Waals surface area contributed by atoms with Crippen LogP contribution in [0.5, 0.6) is 0 Å². The first kappa shape index (κ1) is 17.0. The molecule has 0 saturated carbocycles. The number of hydrogen-bond acceptors (Lipinski definition) is 3. The third-order valence-corrected chi connectivity index (χ3v) is 3.94. The van der Waals surface area contributed by atoms with Crippen LogP contribution in [0.1, 0.15) is 28.4 Å². The first-order valence-corrected chi connectivity index (χ1v) is 7.60. The van der Waals surface area contributed by atoms with Crippen molar-refractivity contribution >= 4 is 29.2 Å². The van der Waals surface area contributed by atoms with Gasteiger partial charge in [-0.2, -0.15) is 0 Å². The monoisotopic (exact) mass is 331 g/mol. The lowest BCUT2D eigenvalue weighted by molar-refractivity contribution is -0.123. The number of halogens is 1. The number of nitrogens with one attached hydrogen (secondary N) is 1. The van der Waals surface area contributed by atoms with Crippen molar-refractivity contribution in [1.82, 2.24) is 0 Å². The summed E-state index contributed by atoms with van der Waals surface area (Å²) < 4.78 is 5.19. The Morgan fingerprint density at radius 2 is 1.78 bits per heavy atom. The van der Waals surface area contributed by atoms with Crippen molar-refractivity contribution in [1.29, 1.82) is 0 Å². The molecule has 0 aromatic heterocycles. The van der Waals surface area contributed by atoms with Crippen LogP contribution >= 0.6 is 11.6 Å². The highest BCUT2D eigenvalue weighted by Crippen LogP contribution is 2.19. The summed E-state index contributed by atoms with van der Waals surface area (Å²) in [6, 6.07) is 12.2. The van der Waals surface area contributed by atoms with Gasteiger partial charge in [0.25, 0.3) is 5.91 Å². The van der Waals surface area contributed by atoms with Gasteiger partial charge in [-0.1, -0.05) is 35.9 Å². The maximum absolute atomic E-state index is 12.2. The van der Waals surface area contributed by atoms with Crippen molar-refractivity contribution in [2.24, 2.45) is 0 Å². The van der Waals surface area contributed by atoms with Crippen LogP contribution in [-0.4, -0.2) is 18.0 Å². The summed E-state index contributed by atoms with van der Waals surface area (Å²) in [5.41, 5.74) is 2.99. The molecule has 0 aliphatic rings. The zero-order valence-corrected chi connectivity index (χ0v) is 14.0. The van der Waals surface area contributed by atoms with Crippen LogP contribution in [0.25, 0.3) is 0 Å². The predicted octanol–water partition coefficient (Wildman–Crippen LogP) is 4.14. The highest BCUT2D eigenvalue weighted by atomic mass is 35.5. The van der Waals surface area contributed by atoms with Crippen LogP contribution in [0.4, 0.5) is 5.69 Å². The Balaban J connectivity index is 2.04. The van der Waals surface area contributed by atoms with Crippen molar-refractivity contribution in [3.05, 3.63) is 64.2 Å². The molecule has 23 heavy (non-hydrogen) atoms. The van der Waals surface area contributed by atoms with Crippen LogP contribution in [0.15, 0.2) is 42.5 Å². The molecule has 0 radical (unpaired) electrons. The molecule has 0 unspecified atom stereocenters. The van der Waals surface area contributed by atoms with E-state index in [1.165, 1.54) is 6.92 Å². The first-order chi connectivity index (χ1) is 10.9. The van der Waals surface area contributed by atoms with Gasteiger partial charge in [-0.15, -0.1) is 0 Å². The van der Waals surface area contributed by atoms with Gasteiger partial charge in [0.05, 0.1) is 10.6 Å². The number of anilines is 1. The third-order valence-electron chi connectivity index (χ3n) is 3.61. The SMILES string of the molecule is Cc1cccc(NC(=O)[C@@H](C)OC(=O)c2ccccc2Cl)c1C. The lowest BCUT2D eigenvalue weighted by Crippen LogP contribution is -2.30. The average molecular weight is 332 g/mol. The van der Waals surface area contributed by atoms with E-state index >= 15 is 0 Å². The number of carbonyl (C=O) groups is 2. The lowest BCUT2D eigenvalue weighted by atomic mass is 10.1. The Morgan fingerprint density at radius 3 is 2.48 bits per heavy atom. The minimum absolute atomic E-state index is 0.237. The molecule has 0 fully saturated rings. The Labute approximate surface area is 140 Å². The largest absolute Gasteiger partial charge is 0.449 e. The second kappa shape index (κ2) is 7.29. The molecule has 0 spiro atoms. The molecule has 0 heterocycles. The summed E-state index contributed by atoms with van der Waals surface area (Å²) in [6.45, 7) is 5.41. The molecular formula is C18H18ClNO3. The van der Waals surface area contributed by atoms with E-state index in [-0.39, 0.29) is 11.5 Å². The van der Waals surface area contributed by atoms with Gasteiger partial charge >= 0.3 is 5.97 Å². The standard InChI is InChI=1S/C18H18ClNO3/c1-11-7-6-10-16(12(11)2)20-17(21)13(3)23-18(22)14-8-4-5-9-15(14)19/h4-10,13H,1-3H3,(H,20,21)/t13-/m1/s1. The molecule has 0 saturated heterocycles. The minimum Gasteiger partial charge on any atom is -0.449 e. The topological polar surface area (TPSA) is 55.4 Å². The van der Waals surface area contributed by atoms with E-state index in [4.69, 9.17) is 16.3 Å². The molecule has 1 atom stereocenters. The summed E-state index contributed by atoms with van der Waals surface area (Å²) >= 11 is 5.95. The lowest BCUT2D eigenvalue weighted by Gasteiger charge is -2.15. The van der Waals surface area contributed by atoms with Crippen molar-refractivity contribution in [3.63, 3.8) is 0 Å². The Morgan fingerprint density at radius 1 is 1.09 bits per heavy atom. The summed E-state index contributed by atoms with van der Waals surface area (Å²) in [5.74, 6) is -1.02. The molecule has 2 rings (SSSR count). The summed E-state index contributed by atoms with van der Waals surface area (Å²) in [6.07, 6.45) is -0.932. The average Bonchev–Trinajstić information content (AvgIpc) is 2.52. The highest BCUT2D eigenvalue weighted by molar-refractivity contribution is 6.33. The Kier molecular flexibility index (Phi) is 5.40. The van der Waals surface area contributed by atoms with Gasteiger partial charge in [-0.05, 0) is 50.1 Å². The molecule has 120 valence electrons. The van der Waals surface area contributed by atoms with E-state index in [2.05, 4.69) is 5.32 Å².